The van der Waals surface area contributed by atoms with Gasteiger partial charge in [0.1, 0.15) is 10.8 Å². The summed E-state index contributed by atoms with van der Waals surface area (Å²) in [6.07, 6.45) is 3.40. The Balaban J connectivity index is 1.46. The summed E-state index contributed by atoms with van der Waals surface area (Å²) in [6, 6.07) is 15.1. The van der Waals surface area contributed by atoms with E-state index in [4.69, 9.17) is 26.3 Å². The summed E-state index contributed by atoms with van der Waals surface area (Å²) in [5, 5.41) is 4.41. The molecule has 6 nitrogen and oxygen atoms in total. The molecule has 2 heterocycles. The van der Waals surface area contributed by atoms with Crippen LogP contribution in [0.25, 0.3) is 0 Å². The number of carbonyl (C=O) groups excluding carboxylic acids is 1. The molecule has 2 aliphatic heterocycles. The Morgan fingerprint density at radius 3 is 2.57 bits per heavy atom. The lowest BCUT2D eigenvalue weighted by molar-refractivity contribution is 0.175. The molecule has 0 aliphatic carbocycles. The molecule has 1 N–H and O–H groups in total. The number of aliphatic imine (C=N–C) groups is 2. The van der Waals surface area contributed by atoms with Gasteiger partial charge in [-0.25, -0.2) is 9.79 Å². The number of hydrogen-bond donors (Lipinski definition) is 1. The molecular formula is C22H23ClN4O2S. The van der Waals surface area contributed by atoms with Crippen molar-refractivity contribution in [2.24, 2.45) is 9.98 Å². The first kappa shape index (κ1) is 20.8. The highest BCUT2D eigenvalue weighted by molar-refractivity contribution is 8.15. The lowest BCUT2D eigenvalue weighted by atomic mass is 9.98. The first-order valence-electron chi connectivity index (χ1n) is 9.72. The minimum atomic E-state index is -0.478. The second kappa shape index (κ2) is 8.70. The number of urea groups is 1. The molecule has 0 aromatic heterocycles. The maximum absolute atomic E-state index is 12.8. The molecule has 2 amide bonds. The van der Waals surface area contributed by atoms with Gasteiger partial charge in [-0.3, -0.25) is 4.99 Å². The van der Waals surface area contributed by atoms with Crippen molar-refractivity contribution >= 4 is 45.8 Å². The van der Waals surface area contributed by atoms with E-state index in [2.05, 4.69) is 17.4 Å². The molecule has 0 radical (unpaired) electrons. The van der Waals surface area contributed by atoms with Crippen LogP contribution in [-0.2, 0) is 0 Å². The topological polar surface area (TPSA) is 66.3 Å². The smallest absolute Gasteiger partial charge is 0.321 e. The summed E-state index contributed by atoms with van der Waals surface area (Å²) in [7, 11) is 1.56. The first-order valence-corrected chi connectivity index (χ1v) is 11.3. The van der Waals surface area contributed by atoms with Crippen molar-refractivity contribution < 1.29 is 9.53 Å². The largest absolute Gasteiger partial charge is 0.495 e. The quantitative estimate of drug-likeness (QED) is 0.732. The van der Waals surface area contributed by atoms with E-state index < -0.39 is 5.66 Å². The molecule has 1 fully saturated rings. The van der Waals surface area contributed by atoms with Gasteiger partial charge in [0.15, 0.2) is 5.66 Å². The molecule has 156 valence electrons. The molecule has 0 saturated carbocycles. The van der Waals surface area contributed by atoms with Crippen molar-refractivity contribution in [1.82, 2.24) is 4.90 Å². The third kappa shape index (κ3) is 4.18. The van der Waals surface area contributed by atoms with Gasteiger partial charge >= 0.3 is 6.03 Å². The van der Waals surface area contributed by atoms with Crippen LogP contribution in [-0.4, -0.2) is 53.8 Å². The van der Waals surface area contributed by atoms with Crippen molar-refractivity contribution in [1.29, 1.82) is 0 Å². The molecule has 1 spiro atoms. The third-order valence-corrected chi connectivity index (χ3v) is 6.23. The van der Waals surface area contributed by atoms with Crippen LogP contribution in [0.15, 0.2) is 58.5 Å². The number of thioether (sulfide) groups is 1. The normalized spacial score (nSPS) is 17.5. The Morgan fingerprint density at radius 1 is 1.17 bits per heavy atom. The van der Waals surface area contributed by atoms with Crippen LogP contribution in [0.2, 0.25) is 5.02 Å². The number of amides is 2. The average Bonchev–Trinajstić information content (AvgIpc) is 3.13. The van der Waals surface area contributed by atoms with Gasteiger partial charge in [-0.15, -0.1) is 11.8 Å². The highest BCUT2D eigenvalue weighted by atomic mass is 35.5. The molecule has 4 rings (SSSR count). The molecule has 0 unspecified atom stereocenters. The summed E-state index contributed by atoms with van der Waals surface area (Å²) in [5.41, 5.74) is 2.11. The van der Waals surface area contributed by atoms with Gasteiger partial charge in [0.25, 0.3) is 0 Å². The summed E-state index contributed by atoms with van der Waals surface area (Å²) >= 11 is 7.68. The number of nitrogens with one attached hydrogen (secondary N) is 1. The van der Waals surface area contributed by atoms with Crippen LogP contribution in [0.1, 0.15) is 18.4 Å². The van der Waals surface area contributed by atoms with Crippen LogP contribution < -0.4 is 10.1 Å². The lowest BCUT2D eigenvalue weighted by Gasteiger charge is -2.35. The zero-order valence-corrected chi connectivity index (χ0v) is 18.5. The highest BCUT2D eigenvalue weighted by Gasteiger charge is 2.40. The molecule has 2 aromatic rings. The maximum atomic E-state index is 12.8. The van der Waals surface area contributed by atoms with Gasteiger partial charge in [0.05, 0.1) is 18.5 Å². The second-order valence-electron chi connectivity index (χ2n) is 7.19. The fourth-order valence-electron chi connectivity index (χ4n) is 3.71. The van der Waals surface area contributed by atoms with Crippen molar-refractivity contribution in [3.8, 4) is 5.75 Å². The van der Waals surface area contributed by atoms with Crippen LogP contribution in [0.3, 0.4) is 0 Å². The van der Waals surface area contributed by atoms with Gasteiger partial charge in [0.2, 0.25) is 0 Å². The van der Waals surface area contributed by atoms with E-state index in [0.29, 0.717) is 42.4 Å². The number of likely N-dealkylation sites (tertiary alicyclic amines) is 1. The van der Waals surface area contributed by atoms with Crippen molar-refractivity contribution in [3.63, 3.8) is 0 Å². The summed E-state index contributed by atoms with van der Waals surface area (Å²) in [6.45, 7) is 1.15. The molecule has 0 atom stereocenters. The van der Waals surface area contributed by atoms with E-state index in [-0.39, 0.29) is 6.03 Å². The van der Waals surface area contributed by atoms with Gasteiger partial charge in [-0.05, 0) is 24.5 Å². The Kier molecular flexibility index (Phi) is 6.01. The molecule has 8 heteroatoms. The molecule has 1 saturated heterocycles. The van der Waals surface area contributed by atoms with Gasteiger partial charge in [-0.1, -0.05) is 41.9 Å². The molecule has 2 aromatic carbocycles. The van der Waals surface area contributed by atoms with Crippen molar-refractivity contribution in [2.75, 3.05) is 31.8 Å². The number of hydrogen-bond acceptors (Lipinski definition) is 5. The summed E-state index contributed by atoms with van der Waals surface area (Å²) < 4.78 is 5.31. The van der Waals surface area contributed by atoms with Crippen LogP contribution >= 0.6 is 23.4 Å². The van der Waals surface area contributed by atoms with Crippen molar-refractivity contribution in [3.05, 3.63) is 59.1 Å². The van der Waals surface area contributed by atoms with Crippen molar-refractivity contribution in [2.45, 2.75) is 18.5 Å². The average molecular weight is 443 g/mol. The van der Waals surface area contributed by atoms with E-state index in [9.17, 15) is 4.79 Å². The summed E-state index contributed by atoms with van der Waals surface area (Å²) in [4.78, 5) is 24.6. The number of ether oxygens (including phenoxy) is 1. The third-order valence-electron chi connectivity index (χ3n) is 5.33. The fourth-order valence-corrected chi connectivity index (χ4v) is 4.50. The van der Waals surface area contributed by atoms with E-state index in [1.807, 2.05) is 24.5 Å². The summed E-state index contributed by atoms with van der Waals surface area (Å²) in [5.74, 6) is 0.573. The highest BCUT2D eigenvalue weighted by Crippen LogP contribution is 2.35. The minimum Gasteiger partial charge on any atom is -0.495 e. The number of anilines is 1. The molecule has 0 bridgehead atoms. The SMILES string of the molecule is COc1ccc(Cl)cc1NC(=O)N1CCC2(CC1)N=C(SC)C(c1ccccc1)=N2. The number of halogens is 1. The Hall–Kier alpha value is -2.51. The van der Waals surface area contributed by atoms with Crippen LogP contribution in [0.5, 0.6) is 5.75 Å². The van der Waals surface area contributed by atoms with Crippen LogP contribution in [0.4, 0.5) is 10.5 Å². The van der Waals surface area contributed by atoms with E-state index in [1.54, 1.807) is 42.0 Å². The van der Waals surface area contributed by atoms with Gasteiger partial charge in [0, 0.05) is 36.5 Å². The predicted molar refractivity (Wildman–Crippen MR) is 124 cm³/mol. The number of benzene rings is 2. The van der Waals surface area contributed by atoms with Gasteiger partial charge < -0.3 is 15.0 Å². The number of rotatable bonds is 3. The molecule has 2 aliphatic rings. The van der Waals surface area contributed by atoms with E-state index >= 15 is 0 Å². The predicted octanol–water partition coefficient (Wildman–Crippen LogP) is 4.94. The maximum Gasteiger partial charge on any atom is 0.321 e. The standard InChI is InChI=1S/C22H23ClN4O2S/c1-29-18-9-8-16(23)14-17(18)24-21(28)27-12-10-22(11-13-27)25-19(20(26-22)30-2)15-6-4-3-5-7-15/h3-9,14H,10-13H2,1-2H3,(H,24,28). The zero-order chi connectivity index (χ0) is 21.1. The van der Waals surface area contributed by atoms with Crippen LogP contribution in [0, 0.1) is 0 Å². The zero-order valence-electron chi connectivity index (χ0n) is 16.9. The fraction of sp³-hybridized carbons (Fsp3) is 0.318. The molecular weight excluding hydrogens is 420 g/mol. The van der Waals surface area contributed by atoms with E-state index in [0.717, 1.165) is 16.3 Å². The lowest BCUT2D eigenvalue weighted by Crippen LogP contribution is -2.46. The number of piperidine rings is 1. The minimum absolute atomic E-state index is 0.176. The number of carbonyl (C=O) groups is 1. The Morgan fingerprint density at radius 2 is 1.90 bits per heavy atom. The monoisotopic (exact) mass is 442 g/mol. The second-order valence-corrected chi connectivity index (χ2v) is 8.42. The van der Waals surface area contributed by atoms with Gasteiger partial charge in [-0.2, -0.15) is 0 Å². The first-order chi connectivity index (χ1) is 14.5. The Labute approximate surface area is 185 Å². The number of nitrogens with zero attached hydrogens (tertiary/aromatic N) is 3. The Bertz CT molecular complexity index is 1000. The van der Waals surface area contributed by atoms with E-state index in [1.165, 1.54) is 0 Å². The molecule has 30 heavy (non-hydrogen) atoms. The number of methoxy groups -OCH3 is 1.